The SMILES string of the molecule is O=C(NCC1CCC(C(=O)NCc2cc3cc(Cl)ccc3o2)CC1)c1ccc(C(F)(F)F)nc1. The minimum Gasteiger partial charge on any atom is -0.459 e. The summed E-state index contributed by atoms with van der Waals surface area (Å²) in [6.07, 6.45) is -0.677. The molecule has 2 N–H and O–H groups in total. The van der Waals surface area contributed by atoms with E-state index in [-0.39, 0.29) is 23.3 Å². The lowest BCUT2D eigenvalue weighted by Crippen LogP contribution is -2.36. The third kappa shape index (κ3) is 5.88. The Balaban J connectivity index is 1.19. The first-order valence-electron chi connectivity index (χ1n) is 11.0. The number of pyridine rings is 1. The molecule has 34 heavy (non-hydrogen) atoms. The maximum atomic E-state index is 12.6. The van der Waals surface area contributed by atoms with E-state index in [0.717, 1.165) is 36.6 Å². The zero-order valence-corrected chi connectivity index (χ0v) is 18.9. The second-order valence-electron chi connectivity index (χ2n) is 8.47. The predicted molar refractivity (Wildman–Crippen MR) is 120 cm³/mol. The molecule has 0 bridgehead atoms. The number of halogens is 4. The van der Waals surface area contributed by atoms with Gasteiger partial charge in [0.2, 0.25) is 5.91 Å². The number of nitrogens with one attached hydrogen (secondary N) is 2. The molecular weight excluding hydrogens is 471 g/mol. The normalized spacial score (nSPS) is 18.6. The van der Waals surface area contributed by atoms with Crippen LogP contribution in [0, 0.1) is 11.8 Å². The van der Waals surface area contributed by atoms with Gasteiger partial charge in [-0.3, -0.25) is 14.6 Å². The van der Waals surface area contributed by atoms with Gasteiger partial charge in [0.25, 0.3) is 5.91 Å². The topological polar surface area (TPSA) is 84.2 Å². The Labute approximate surface area is 198 Å². The fraction of sp³-hybridized carbons (Fsp3) is 0.375. The summed E-state index contributed by atoms with van der Waals surface area (Å²) in [6, 6.07) is 9.10. The van der Waals surface area contributed by atoms with E-state index in [0.29, 0.717) is 42.3 Å². The number of hydrogen-bond acceptors (Lipinski definition) is 4. The van der Waals surface area contributed by atoms with Crippen LogP contribution in [0.1, 0.15) is 47.5 Å². The Morgan fingerprint density at radius 1 is 1.06 bits per heavy atom. The van der Waals surface area contributed by atoms with Gasteiger partial charge in [0.15, 0.2) is 0 Å². The van der Waals surface area contributed by atoms with Crippen LogP contribution in [0.4, 0.5) is 13.2 Å². The van der Waals surface area contributed by atoms with Gasteiger partial charge in [-0.2, -0.15) is 13.2 Å². The molecule has 0 aliphatic heterocycles. The molecule has 3 aromatic rings. The molecule has 0 atom stereocenters. The van der Waals surface area contributed by atoms with E-state index < -0.39 is 17.8 Å². The molecule has 0 unspecified atom stereocenters. The van der Waals surface area contributed by atoms with Gasteiger partial charge in [0.05, 0.1) is 12.1 Å². The maximum absolute atomic E-state index is 12.6. The van der Waals surface area contributed by atoms with Crippen LogP contribution >= 0.6 is 11.6 Å². The summed E-state index contributed by atoms with van der Waals surface area (Å²) in [5.41, 5.74) is -0.248. The first kappa shape index (κ1) is 24.1. The van der Waals surface area contributed by atoms with Crippen molar-refractivity contribution in [3.8, 4) is 0 Å². The zero-order chi connectivity index (χ0) is 24.3. The van der Waals surface area contributed by atoms with Gasteiger partial charge in [-0.05, 0) is 68.0 Å². The Kier molecular flexibility index (Phi) is 7.11. The number of amides is 2. The molecule has 2 amide bonds. The monoisotopic (exact) mass is 493 g/mol. The molecule has 1 saturated carbocycles. The number of hydrogen-bond donors (Lipinski definition) is 2. The average molecular weight is 494 g/mol. The highest BCUT2D eigenvalue weighted by molar-refractivity contribution is 6.31. The van der Waals surface area contributed by atoms with Crippen LogP contribution in [0.25, 0.3) is 11.0 Å². The van der Waals surface area contributed by atoms with Gasteiger partial charge < -0.3 is 15.1 Å². The Morgan fingerprint density at radius 2 is 1.82 bits per heavy atom. The van der Waals surface area contributed by atoms with Crippen molar-refractivity contribution in [1.82, 2.24) is 15.6 Å². The molecule has 10 heteroatoms. The second kappa shape index (κ2) is 10.0. The zero-order valence-electron chi connectivity index (χ0n) is 18.1. The maximum Gasteiger partial charge on any atom is 0.433 e. The molecule has 1 fully saturated rings. The highest BCUT2D eigenvalue weighted by atomic mass is 35.5. The standard InChI is InChI=1S/C24H23ClF3N3O3/c25-18-6-7-20-17(9-18)10-19(34-20)13-31-22(32)15-3-1-14(2-4-15)11-30-23(33)16-5-8-21(29-12-16)24(26,27)28/h5-10,12,14-15H,1-4,11,13H2,(H,30,33)(H,31,32). The van der Waals surface area contributed by atoms with Crippen molar-refractivity contribution >= 4 is 34.4 Å². The number of alkyl halides is 3. The van der Waals surface area contributed by atoms with Gasteiger partial charge in [0, 0.05) is 29.1 Å². The average Bonchev–Trinajstić information content (AvgIpc) is 3.23. The summed E-state index contributed by atoms with van der Waals surface area (Å²) in [6.45, 7) is 0.692. The number of nitrogens with zero attached hydrogens (tertiary/aromatic N) is 1. The number of benzene rings is 1. The molecule has 4 rings (SSSR count). The summed E-state index contributed by atoms with van der Waals surface area (Å²) >= 11 is 5.99. The first-order chi connectivity index (χ1) is 16.2. The third-order valence-electron chi connectivity index (χ3n) is 6.05. The van der Waals surface area contributed by atoms with E-state index in [1.807, 2.05) is 6.07 Å². The van der Waals surface area contributed by atoms with Gasteiger partial charge in [-0.15, -0.1) is 0 Å². The quantitative estimate of drug-likeness (QED) is 0.484. The van der Waals surface area contributed by atoms with Crippen LogP contribution in [-0.4, -0.2) is 23.3 Å². The summed E-state index contributed by atoms with van der Waals surface area (Å²) in [7, 11) is 0. The Hall–Kier alpha value is -3.07. The molecule has 6 nitrogen and oxygen atoms in total. The van der Waals surface area contributed by atoms with Crippen molar-refractivity contribution < 1.29 is 27.2 Å². The Bertz CT molecular complexity index is 1170. The summed E-state index contributed by atoms with van der Waals surface area (Å²) in [4.78, 5) is 28.1. The van der Waals surface area contributed by atoms with Crippen LogP contribution in [0.3, 0.4) is 0 Å². The number of aromatic nitrogens is 1. The first-order valence-corrected chi connectivity index (χ1v) is 11.3. The lowest BCUT2D eigenvalue weighted by atomic mass is 9.81. The van der Waals surface area contributed by atoms with Crippen LogP contribution in [0.15, 0.2) is 47.0 Å². The third-order valence-corrected chi connectivity index (χ3v) is 6.29. The minimum absolute atomic E-state index is 0.0307. The van der Waals surface area contributed by atoms with Gasteiger partial charge >= 0.3 is 6.18 Å². The molecule has 0 saturated heterocycles. The number of fused-ring (bicyclic) bond motifs is 1. The van der Waals surface area contributed by atoms with Crippen molar-refractivity contribution in [2.45, 2.75) is 38.4 Å². The van der Waals surface area contributed by atoms with Crippen molar-refractivity contribution in [1.29, 1.82) is 0 Å². The van der Waals surface area contributed by atoms with E-state index in [2.05, 4.69) is 15.6 Å². The summed E-state index contributed by atoms with van der Waals surface area (Å²) in [5.74, 6) is 0.255. The molecular formula is C24H23ClF3N3O3. The smallest absolute Gasteiger partial charge is 0.433 e. The molecule has 2 aromatic heterocycles. The van der Waals surface area contributed by atoms with Crippen molar-refractivity contribution in [2.75, 3.05) is 6.54 Å². The molecule has 2 heterocycles. The van der Waals surface area contributed by atoms with Crippen molar-refractivity contribution in [3.63, 3.8) is 0 Å². The van der Waals surface area contributed by atoms with E-state index in [4.69, 9.17) is 16.0 Å². The number of rotatable bonds is 6. The molecule has 1 aromatic carbocycles. The molecule has 180 valence electrons. The minimum atomic E-state index is -4.54. The van der Waals surface area contributed by atoms with Crippen LogP contribution in [-0.2, 0) is 17.5 Å². The van der Waals surface area contributed by atoms with E-state index >= 15 is 0 Å². The molecule has 1 aliphatic rings. The van der Waals surface area contributed by atoms with Crippen molar-refractivity contribution in [2.24, 2.45) is 11.8 Å². The fourth-order valence-electron chi connectivity index (χ4n) is 4.14. The molecule has 0 spiro atoms. The lowest BCUT2D eigenvalue weighted by Gasteiger charge is -2.27. The highest BCUT2D eigenvalue weighted by Crippen LogP contribution is 2.29. The summed E-state index contributed by atoms with van der Waals surface area (Å²) in [5, 5.41) is 7.17. The Morgan fingerprint density at radius 3 is 2.50 bits per heavy atom. The molecule has 1 aliphatic carbocycles. The van der Waals surface area contributed by atoms with E-state index in [1.54, 1.807) is 18.2 Å². The summed E-state index contributed by atoms with van der Waals surface area (Å²) < 4.78 is 43.5. The van der Waals surface area contributed by atoms with Gasteiger partial charge in [-0.25, -0.2) is 0 Å². The second-order valence-corrected chi connectivity index (χ2v) is 8.91. The highest BCUT2D eigenvalue weighted by Gasteiger charge is 2.32. The van der Waals surface area contributed by atoms with Crippen molar-refractivity contribution in [3.05, 3.63) is 64.6 Å². The predicted octanol–water partition coefficient (Wildman–Crippen LogP) is 5.35. The van der Waals surface area contributed by atoms with Crippen LogP contribution in [0.5, 0.6) is 0 Å². The van der Waals surface area contributed by atoms with E-state index in [9.17, 15) is 22.8 Å². The van der Waals surface area contributed by atoms with Gasteiger partial charge in [0.1, 0.15) is 17.0 Å². The number of carbonyl (C=O) groups is 2. The van der Waals surface area contributed by atoms with Crippen LogP contribution < -0.4 is 10.6 Å². The fourth-order valence-corrected chi connectivity index (χ4v) is 4.32. The van der Waals surface area contributed by atoms with Crippen LogP contribution in [0.2, 0.25) is 5.02 Å². The number of carbonyl (C=O) groups excluding carboxylic acids is 2. The lowest BCUT2D eigenvalue weighted by molar-refractivity contribution is -0.141. The van der Waals surface area contributed by atoms with E-state index in [1.165, 1.54) is 0 Å². The van der Waals surface area contributed by atoms with Gasteiger partial charge in [-0.1, -0.05) is 11.6 Å². The number of furan rings is 1. The molecule has 0 radical (unpaired) electrons. The largest absolute Gasteiger partial charge is 0.459 e.